The Hall–Kier alpha value is 0.594. The van der Waals surface area contributed by atoms with Crippen molar-refractivity contribution in [2.24, 2.45) is 0 Å². The fourth-order valence-electron chi connectivity index (χ4n) is 3.37. The third kappa shape index (κ3) is 3.21. The summed E-state index contributed by atoms with van der Waals surface area (Å²) in [6.45, 7) is 5.04. The van der Waals surface area contributed by atoms with Crippen molar-refractivity contribution in [2.75, 3.05) is 19.5 Å². The van der Waals surface area contributed by atoms with Crippen molar-refractivity contribution in [1.82, 2.24) is 0 Å². The van der Waals surface area contributed by atoms with E-state index in [2.05, 4.69) is 55.8 Å². The molecule has 3 atom stereocenters. The minimum absolute atomic E-state index is 0. The van der Waals surface area contributed by atoms with Crippen LogP contribution in [0, 0.1) is 0 Å². The number of hydrogen-bond acceptors (Lipinski definition) is 0. The summed E-state index contributed by atoms with van der Waals surface area (Å²) in [5, 5.41) is 1.87. The summed E-state index contributed by atoms with van der Waals surface area (Å²) in [6.07, 6.45) is 10.1. The number of halogens is 2. The number of fused-ring (bicyclic) bond motifs is 2. The van der Waals surface area contributed by atoms with Crippen molar-refractivity contribution in [3.05, 3.63) is 62.3 Å². The second-order valence-corrected chi connectivity index (χ2v) is 15.0. The zero-order valence-corrected chi connectivity index (χ0v) is 17.5. The second-order valence-electron chi connectivity index (χ2n) is 5.71. The summed E-state index contributed by atoms with van der Waals surface area (Å²) < 4.78 is 2.63. The molecule has 0 bridgehead atoms. The fourth-order valence-corrected chi connectivity index (χ4v) is 12.6. The monoisotopic (exact) mass is 402 g/mol. The third-order valence-corrected chi connectivity index (χ3v) is 14.5. The van der Waals surface area contributed by atoms with Crippen LogP contribution in [0.3, 0.4) is 0 Å². The van der Waals surface area contributed by atoms with Crippen LogP contribution in [0.1, 0.15) is 21.8 Å². The van der Waals surface area contributed by atoms with Gasteiger partial charge < -0.3 is 24.8 Å². The predicted octanol–water partition coefficient (Wildman–Crippen LogP) is -0.461. The standard InChI is InChI=1S/C9H7.C8H11P2.2ClH.Ti/c1-2-5-9-7-3-6-8(9)4-1;1-9-6-7-4-3-5-8(7)10(9)2;;;/h1-7H;4H,3,6H2,1-2H3;2*1H;/q;;;;+2/p-2. The minimum Gasteiger partial charge on any atom is -1.00 e. The first-order valence-corrected chi connectivity index (χ1v) is 13.3. The van der Waals surface area contributed by atoms with Crippen molar-refractivity contribution in [3.8, 4) is 0 Å². The van der Waals surface area contributed by atoms with Gasteiger partial charge in [0, 0.05) is 0 Å². The molecule has 0 saturated carbocycles. The molecule has 2 aliphatic carbocycles. The zero-order valence-electron chi connectivity index (χ0n) is 12.7. The van der Waals surface area contributed by atoms with E-state index < -0.39 is 0 Å². The van der Waals surface area contributed by atoms with Crippen molar-refractivity contribution >= 4 is 21.3 Å². The molecule has 3 aliphatic rings. The molecule has 5 heteroatoms. The number of benzene rings is 1. The van der Waals surface area contributed by atoms with Crippen LogP contribution in [0.4, 0.5) is 0 Å². The van der Waals surface area contributed by atoms with E-state index in [9.17, 15) is 0 Å². The largest absolute Gasteiger partial charge is 1.00 e. The fraction of sp³-hybridized carbons (Fsp3) is 0.294. The van der Waals surface area contributed by atoms with E-state index in [1.54, 1.807) is 11.1 Å². The van der Waals surface area contributed by atoms with E-state index >= 15 is 0 Å². The van der Waals surface area contributed by atoms with E-state index in [4.69, 9.17) is 0 Å². The topological polar surface area (TPSA) is 0 Å². The van der Waals surface area contributed by atoms with E-state index in [1.807, 2.05) is 9.19 Å². The van der Waals surface area contributed by atoms with Crippen LogP contribution < -0.4 is 24.8 Å². The van der Waals surface area contributed by atoms with E-state index in [-0.39, 0.29) is 59.2 Å². The average molecular weight is 403 g/mol. The molecule has 22 heavy (non-hydrogen) atoms. The smallest absolute Gasteiger partial charge is 1.00 e. The van der Waals surface area contributed by atoms with Gasteiger partial charge in [0.25, 0.3) is 0 Å². The molecular formula is C17H18Cl2P2Ti. The van der Waals surface area contributed by atoms with E-state index in [0.717, 1.165) is 4.22 Å². The molecule has 0 amide bonds. The summed E-state index contributed by atoms with van der Waals surface area (Å²) in [5.74, 6) is 0. The maximum Gasteiger partial charge on any atom is -1.00 e. The molecule has 0 nitrogen and oxygen atoms in total. The molecule has 3 unspecified atom stereocenters. The SMILES string of the molecule is CP1CC2=CC[C]([Ti+2][CH]3C=Cc4ccccc43)=C2P1C.[Cl-].[Cl-]. The van der Waals surface area contributed by atoms with Gasteiger partial charge in [-0.1, -0.05) is 0 Å². The Morgan fingerprint density at radius 2 is 1.91 bits per heavy atom. The first-order valence-electron chi connectivity index (χ1n) is 7.15. The predicted molar refractivity (Wildman–Crippen MR) is 88.5 cm³/mol. The average Bonchev–Trinajstić information content (AvgIpc) is 3.10. The maximum absolute atomic E-state index is 2.56. The summed E-state index contributed by atoms with van der Waals surface area (Å²) >= 11 is -0.0388. The van der Waals surface area contributed by atoms with Crippen LogP contribution in [0.25, 0.3) is 6.08 Å². The van der Waals surface area contributed by atoms with Crippen molar-refractivity contribution in [1.29, 1.82) is 0 Å². The summed E-state index contributed by atoms with van der Waals surface area (Å²) in [5.41, 5.74) is 4.80. The van der Waals surface area contributed by atoms with Gasteiger partial charge in [0.15, 0.2) is 0 Å². The molecule has 0 aromatic heterocycles. The summed E-state index contributed by atoms with van der Waals surface area (Å²) in [4.78, 5) is 0. The van der Waals surface area contributed by atoms with Crippen molar-refractivity contribution in [2.45, 2.75) is 10.6 Å². The molecule has 0 radical (unpaired) electrons. The van der Waals surface area contributed by atoms with Crippen molar-refractivity contribution < 1.29 is 44.0 Å². The van der Waals surface area contributed by atoms with Crippen LogP contribution >= 0.6 is 15.2 Å². The van der Waals surface area contributed by atoms with Crippen LogP contribution in [0.15, 0.2) is 51.2 Å². The van der Waals surface area contributed by atoms with Crippen LogP contribution in [0.5, 0.6) is 0 Å². The summed E-state index contributed by atoms with van der Waals surface area (Å²) in [6, 6.07) is 8.97. The van der Waals surface area contributed by atoms with Crippen molar-refractivity contribution in [3.63, 3.8) is 0 Å². The third-order valence-electron chi connectivity index (χ3n) is 4.51. The maximum atomic E-state index is 2.56. The Morgan fingerprint density at radius 3 is 2.73 bits per heavy atom. The van der Waals surface area contributed by atoms with Crippen LogP contribution in [-0.2, 0) is 19.2 Å². The number of hydrogen-bond donors (Lipinski definition) is 0. The molecule has 1 saturated heterocycles. The molecule has 4 rings (SSSR count). The van der Waals surface area contributed by atoms with Gasteiger partial charge in [-0.25, -0.2) is 0 Å². The van der Waals surface area contributed by atoms with Gasteiger partial charge in [-0.15, -0.1) is 0 Å². The van der Waals surface area contributed by atoms with Gasteiger partial charge in [-0.2, -0.15) is 0 Å². The molecule has 1 aromatic carbocycles. The second kappa shape index (κ2) is 7.65. The number of rotatable bonds is 2. The Labute approximate surface area is 157 Å². The van der Waals surface area contributed by atoms with E-state index in [0.29, 0.717) is 0 Å². The van der Waals surface area contributed by atoms with Gasteiger partial charge >= 0.3 is 133 Å². The normalized spacial score (nSPS) is 27.5. The minimum atomic E-state index is -0.0388. The van der Waals surface area contributed by atoms with Gasteiger partial charge in [-0.05, 0) is 0 Å². The number of allylic oxidation sites excluding steroid dienone is 5. The molecule has 0 N–H and O–H groups in total. The van der Waals surface area contributed by atoms with Gasteiger partial charge in [0.1, 0.15) is 0 Å². The van der Waals surface area contributed by atoms with Crippen LogP contribution in [0.2, 0.25) is 0 Å². The van der Waals surface area contributed by atoms with Gasteiger partial charge in [0.2, 0.25) is 0 Å². The Kier molecular flexibility index (Phi) is 6.58. The Morgan fingerprint density at radius 1 is 1.14 bits per heavy atom. The van der Waals surface area contributed by atoms with Crippen LogP contribution in [-0.4, -0.2) is 19.5 Å². The molecular weight excluding hydrogens is 385 g/mol. The van der Waals surface area contributed by atoms with Gasteiger partial charge in [0.05, 0.1) is 0 Å². The molecule has 1 aliphatic heterocycles. The molecule has 114 valence electrons. The zero-order chi connectivity index (χ0) is 13.7. The van der Waals surface area contributed by atoms with E-state index in [1.165, 1.54) is 18.1 Å². The molecule has 1 aromatic rings. The Bertz CT molecular complexity index is 666. The first kappa shape index (κ1) is 18.9. The summed E-state index contributed by atoms with van der Waals surface area (Å²) in [7, 11) is 0.474. The molecule has 0 spiro atoms. The molecule has 1 heterocycles. The molecule has 1 fully saturated rings. The first-order chi connectivity index (χ1) is 9.74. The quantitative estimate of drug-likeness (QED) is 0.464. The van der Waals surface area contributed by atoms with Gasteiger partial charge in [-0.3, -0.25) is 0 Å². The Balaban J connectivity index is 0.000000882.